The molecule has 40 heavy (non-hydrogen) atoms. The molecule has 210 valence electrons. The fraction of sp³-hybridized carbons (Fsp3) is 0.324. The molecule has 0 amide bonds. The Bertz CT molecular complexity index is 1620. The van der Waals surface area contributed by atoms with Crippen molar-refractivity contribution in [3.05, 3.63) is 118 Å². The summed E-state index contributed by atoms with van der Waals surface area (Å²) in [5.41, 5.74) is 11.1. The minimum absolute atomic E-state index is 0. The molecular formula is C37H41Cl2Hf-3. The zero-order chi connectivity index (χ0) is 26.7. The van der Waals surface area contributed by atoms with Crippen molar-refractivity contribution in [3.8, 4) is 0 Å². The van der Waals surface area contributed by atoms with Gasteiger partial charge in [-0.2, -0.15) is 0 Å². The Balaban J connectivity index is 0.00000187. The summed E-state index contributed by atoms with van der Waals surface area (Å²) in [6.07, 6.45) is 9.37. The molecule has 0 fully saturated rings. The summed E-state index contributed by atoms with van der Waals surface area (Å²) in [7, 11) is 0. The van der Waals surface area contributed by atoms with Crippen LogP contribution in [0, 0.1) is 13.8 Å². The number of aryl methyl sites for hydroxylation is 2. The molecule has 1 aliphatic rings. The number of hydrogen-bond donors (Lipinski definition) is 0. The second kappa shape index (κ2) is 12.6. The maximum Gasteiger partial charge on any atom is 0.00148 e. The van der Waals surface area contributed by atoms with Gasteiger partial charge >= 0.3 is 0 Å². The number of rotatable bonds is 4. The van der Waals surface area contributed by atoms with Crippen LogP contribution < -0.4 is 24.8 Å². The van der Waals surface area contributed by atoms with E-state index in [0.29, 0.717) is 0 Å². The predicted octanol–water partition coefficient (Wildman–Crippen LogP) is 4.61. The van der Waals surface area contributed by atoms with Gasteiger partial charge in [0.2, 0.25) is 0 Å². The SMILES string of the molecule is CC(C)=CC(C)(C)c1ccc2c(c1)[cH-]c1c(C3C=CC=C3c3ccc(C)cc3C)c(C(C)(C)C)ccc12.[Cl-].[Cl-].[Hf]. The van der Waals surface area contributed by atoms with Crippen LogP contribution in [0.4, 0.5) is 0 Å². The molecule has 0 saturated carbocycles. The molecular weight excluding hydrogens is 694 g/mol. The molecule has 0 saturated heterocycles. The molecule has 0 N–H and O–H groups in total. The molecule has 5 rings (SSSR count). The average molecular weight is 735 g/mol. The number of benzene rings is 3. The molecule has 0 bridgehead atoms. The Morgan fingerprint density at radius 3 is 2.15 bits per heavy atom. The van der Waals surface area contributed by atoms with E-state index in [2.05, 4.69) is 141 Å². The van der Waals surface area contributed by atoms with E-state index in [4.69, 9.17) is 0 Å². The van der Waals surface area contributed by atoms with Crippen molar-refractivity contribution in [2.24, 2.45) is 0 Å². The van der Waals surface area contributed by atoms with Gasteiger partial charge in [0.15, 0.2) is 0 Å². The van der Waals surface area contributed by atoms with E-state index in [0.717, 1.165) is 0 Å². The first-order chi connectivity index (χ1) is 17.4. The largest absolute Gasteiger partial charge is 1.00 e. The first-order valence-corrected chi connectivity index (χ1v) is 13.7. The maximum atomic E-state index is 2.46. The minimum atomic E-state index is 0. The van der Waals surface area contributed by atoms with Gasteiger partial charge in [-0.1, -0.05) is 129 Å². The van der Waals surface area contributed by atoms with Crippen LogP contribution in [0.5, 0.6) is 0 Å². The Morgan fingerprint density at radius 1 is 0.850 bits per heavy atom. The third kappa shape index (κ3) is 6.33. The van der Waals surface area contributed by atoms with Gasteiger partial charge in [0.1, 0.15) is 0 Å². The van der Waals surface area contributed by atoms with Gasteiger partial charge in [0.25, 0.3) is 0 Å². The summed E-state index contributed by atoms with van der Waals surface area (Å²) in [6, 6.07) is 21.2. The van der Waals surface area contributed by atoms with E-state index in [1.807, 2.05) is 0 Å². The number of halogens is 2. The summed E-state index contributed by atoms with van der Waals surface area (Å²) in [5.74, 6) is 0.248. The predicted molar refractivity (Wildman–Crippen MR) is 164 cm³/mol. The van der Waals surface area contributed by atoms with Gasteiger partial charge in [0.05, 0.1) is 0 Å². The van der Waals surface area contributed by atoms with Crippen molar-refractivity contribution in [1.82, 2.24) is 0 Å². The molecule has 1 aliphatic carbocycles. The van der Waals surface area contributed by atoms with E-state index < -0.39 is 0 Å². The molecule has 1 atom stereocenters. The number of hydrogen-bond acceptors (Lipinski definition) is 0. The van der Waals surface area contributed by atoms with E-state index in [-0.39, 0.29) is 67.4 Å². The van der Waals surface area contributed by atoms with Crippen LogP contribution in [0.2, 0.25) is 0 Å². The van der Waals surface area contributed by atoms with Crippen molar-refractivity contribution in [1.29, 1.82) is 0 Å². The smallest absolute Gasteiger partial charge is 0.00148 e. The first-order valence-electron chi connectivity index (χ1n) is 13.7. The van der Waals surface area contributed by atoms with Crippen molar-refractivity contribution < 1.29 is 50.7 Å². The zero-order valence-corrected chi connectivity index (χ0v) is 30.4. The fourth-order valence-corrected chi connectivity index (χ4v) is 6.43. The third-order valence-electron chi connectivity index (χ3n) is 8.05. The Kier molecular flexibility index (Phi) is 10.8. The van der Waals surface area contributed by atoms with Crippen molar-refractivity contribution in [3.63, 3.8) is 0 Å². The van der Waals surface area contributed by atoms with Crippen LogP contribution >= 0.6 is 0 Å². The van der Waals surface area contributed by atoms with Crippen molar-refractivity contribution in [2.75, 3.05) is 0 Å². The standard InChI is InChI=1S/C37H41.2ClH.Hf/c1-23(2)22-37(8,9)27-14-16-29-26(20-27)21-33-31(29)17-18-34(36(5,6)7)35(33)32-12-10-11-30(32)28-15-13-24(3)19-25(28)4;;;/h10-22,32H,1-9H3;2*1H;/q-1;;;/p-2. The molecule has 4 aromatic carbocycles. The van der Waals surface area contributed by atoms with Gasteiger partial charge in [-0.15, -0.1) is 33.7 Å². The Morgan fingerprint density at radius 2 is 1.52 bits per heavy atom. The molecule has 0 heterocycles. The van der Waals surface area contributed by atoms with Crippen molar-refractivity contribution >= 4 is 27.1 Å². The second-order valence-corrected chi connectivity index (χ2v) is 12.9. The summed E-state index contributed by atoms with van der Waals surface area (Å²) in [6.45, 7) is 20.5. The van der Waals surface area contributed by atoms with Crippen LogP contribution in [0.25, 0.3) is 27.1 Å². The maximum absolute atomic E-state index is 2.46. The summed E-state index contributed by atoms with van der Waals surface area (Å²) in [4.78, 5) is 0. The molecule has 0 spiro atoms. The summed E-state index contributed by atoms with van der Waals surface area (Å²) >= 11 is 0. The van der Waals surface area contributed by atoms with E-state index in [9.17, 15) is 0 Å². The fourth-order valence-electron chi connectivity index (χ4n) is 6.43. The number of allylic oxidation sites excluding steroid dienone is 6. The van der Waals surface area contributed by atoms with E-state index in [1.54, 1.807) is 0 Å². The zero-order valence-electron chi connectivity index (χ0n) is 25.3. The summed E-state index contributed by atoms with van der Waals surface area (Å²) in [5, 5.41) is 5.46. The molecule has 0 aromatic heterocycles. The second-order valence-electron chi connectivity index (χ2n) is 12.9. The van der Waals surface area contributed by atoms with Gasteiger partial charge in [-0.25, -0.2) is 0 Å². The van der Waals surface area contributed by atoms with E-state index >= 15 is 0 Å². The van der Waals surface area contributed by atoms with Crippen LogP contribution in [-0.4, -0.2) is 0 Å². The molecule has 1 unspecified atom stereocenters. The molecule has 0 aliphatic heterocycles. The molecule has 4 aromatic rings. The Labute approximate surface area is 273 Å². The minimum Gasteiger partial charge on any atom is -1.00 e. The molecule has 3 heteroatoms. The van der Waals surface area contributed by atoms with Crippen molar-refractivity contribution in [2.45, 2.75) is 79.1 Å². The third-order valence-corrected chi connectivity index (χ3v) is 8.05. The topological polar surface area (TPSA) is 0 Å². The summed E-state index contributed by atoms with van der Waals surface area (Å²) < 4.78 is 0. The van der Waals surface area contributed by atoms with Gasteiger partial charge in [-0.3, -0.25) is 0 Å². The molecule has 0 nitrogen and oxygen atoms in total. The monoisotopic (exact) mass is 735 g/mol. The average Bonchev–Trinajstić information content (AvgIpc) is 3.41. The van der Waals surface area contributed by atoms with E-state index in [1.165, 1.54) is 66.1 Å². The first kappa shape index (κ1) is 34.4. The van der Waals surface area contributed by atoms with Crippen LogP contribution in [0.15, 0.2) is 84.5 Å². The van der Waals surface area contributed by atoms with Crippen LogP contribution in [0.3, 0.4) is 0 Å². The van der Waals surface area contributed by atoms with Gasteiger partial charge < -0.3 is 24.8 Å². The van der Waals surface area contributed by atoms with Gasteiger partial charge in [-0.05, 0) is 49.8 Å². The van der Waals surface area contributed by atoms with Crippen LogP contribution in [-0.2, 0) is 36.7 Å². The number of fused-ring (bicyclic) bond motifs is 3. The Hall–Kier alpha value is -1.80. The normalized spacial score (nSPS) is 14.8. The van der Waals surface area contributed by atoms with Gasteiger partial charge in [0, 0.05) is 37.2 Å². The molecule has 0 radical (unpaired) electrons. The quantitative estimate of drug-likeness (QED) is 0.163. The van der Waals surface area contributed by atoms with Crippen LogP contribution in [0.1, 0.15) is 87.8 Å².